The number of aromatic nitrogens is 1. The smallest absolute Gasteiger partial charge is 0.310 e. The van der Waals surface area contributed by atoms with Gasteiger partial charge in [0.15, 0.2) is 5.75 Å². The molecule has 86 valence electrons. The Labute approximate surface area is 97.8 Å². The van der Waals surface area contributed by atoms with Gasteiger partial charge >= 0.3 is 5.69 Å². The van der Waals surface area contributed by atoms with E-state index in [1.807, 2.05) is 6.07 Å². The summed E-state index contributed by atoms with van der Waals surface area (Å²) in [5.74, 6) is 0.253. The van der Waals surface area contributed by atoms with E-state index < -0.39 is 4.92 Å². The number of nitro benzene ring substituents is 1. The van der Waals surface area contributed by atoms with Crippen molar-refractivity contribution in [3.05, 3.63) is 64.5 Å². The summed E-state index contributed by atoms with van der Waals surface area (Å²) in [4.78, 5) is 14.4. The predicted octanol–water partition coefficient (Wildman–Crippen LogP) is 2.57. The lowest BCUT2D eigenvalue weighted by atomic mass is 10.3. The van der Waals surface area contributed by atoms with Crippen LogP contribution < -0.4 is 4.74 Å². The molecule has 1 aromatic carbocycles. The molecule has 2 rings (SSSR count). The standard InChI is InChI=1S/C12H10N2O3/c15-14(16)11-6-1-2-7-12(11)17-9-10-5-3-4-8-13-10/h1-8H,9H2. The molecule has 0 unspecified atom stereocenters. The molecule has 0 aliphatic heterocycles. The number of hydrogen-bond donors (Lipinski definition) is 0. The van der Waals surface area contributed by atoms with E-state index >= 15 is 0 Å². The predicted molar refractivity (Wildman–Crippen MR) is 61.7 cm³/mol. The molecule has 0 aliphatic carbocycles. The third-order valence-electron chi connectivity index (χ3n) is 2.16. The van der Waals surface area contributed by atoms with Gasteiger partial charge < -0.3 is 4.74 Å². The third kappa shape index (κ3) is 2.78. The number of benzene rings is 1. The number of nitrogens with zero attached hydrogens (tertiary/aromatic N) is 2. The highest BCUT2D eigenvalue weighted by molar-refractivity contribution is 5.45. The van der Waals surface area contributed by atoms with Gasteiger partial charge in [-0.1, -0.05) is 18.2 Å². The van der Waals surface area contributed by atoms with Crippen LogP contribution in [0.5, 0.6) is 5.75 Å². The fourth-order valence-corrected chi connectivity index (χ4v) is 1.37. The van der Waals surface area contributed by atoms with Crippen LogP contribution in [0.25, 0.3) is 0 Å². The maximum absolute atomic E-state index is 10.7. The average Bonchev–Trinajstić information content (AvgIpc) is 2.38. The topological polar surface area (TPSA) is 65.3 Å². The van der Waals surface area contributed by atoms with Crippen molar-refractivity contribution in [3.8, 4) is 5.75 Å². The van der Waals surface area contributed by atoms with Gasteiger partial charge in [0.25, 0.3) is 0 Å². The number of para-hydroxylation sites is 2. The largest absolute Gasteiger partial charge is 0.480 e. The van der Waals surface area contributed by atoms with E-state index in [9.17, 15) is 10.1 Å². The van der Waals surface area contributed by atoms with Crippen molar-refractivity contribution in [1.29, 1.82) is 0 Å². The zero-order chi connectivity index (χ0) is 12.1. The molecular weight excluding hydrogens is 220 g/mol. The Bertz CT molecular complexity index is 514. The fourth-order valence-electron chi connectivity index (χ4n) is 1.37. The van der Waals surface area contributed by atoms with Crippen molar-refractivity contribution < 1.29 is 9.66 Å². The monoisotopic (exact) mass is 230 g/mol. The molecule has 0 fully saturated rings. The summed E-state index contributed by atoms with van der Waals surface area (Å²) in [7, 11) is 0. The van der Waals surface area contributed by atoms with Crippen LogP contribution in [0, 0.1) is 10.1 Å². The molecule has 0 N–H and O–H groups in total. The maximum atomic E-state index is 10.7. The van der Waals surface area contributed by atoms with Crippen LogP contribution in [0.15, 0.2) is 48.7 Å². The summed E-state index contributed by atoms with van der Waals surface area (Å²) in [5, 5.41) is 10.7. The number of rotatable bonds is 4. The second-order valence-electron chi connectivity index (χ2n) is 3.33. The van der Waals surface area contributed by atoms with E-state index in [0.717, 1.165) is 5.69 Å². The summed E-state index contributed by atoms with van der Waals surface area (Å²) in [6.45, 7) is 0.214. The van der Waals surface area contributed by atoms with E-state index in [0.29, 0.717) is 0 Å². The first-order chi connectivity index (χ1) is 8.27. The third-order valence-corrected chi connectivity index (χ3v) is 2.16. The highest BCUT2D eigenvalue weighted by Crippen LogP contribution is 2.26. The first-order valence-corrected chi connectivity index (χ1v) is 5.03. The molecule has 0 bridgehead atoms. The Balaban J connectivity index is 2.12. The van der Waals surface area contributed by atoms with Gasteiger partial charge in [0, 0.05) is 12.3 Å². The second kappa shape index (κ2) is 5.07. The minimum Gasteiger partial charge on any atom is -0.480 e. The lowest BCUT2D eigenvalue weighted by Gasteiger charge is -2.05. The minimum atomic E-state index is -0.465. The van der Waals surface area contributed by atoms with Gasteiger partial charge in [0.2, 0.25) is 0 Å². The van der Waals surface area contributed by atoms with Crippen LogP contribution in [0.1, 0.15) is 5.69 Å². The zero-order valence-electron chi connectivity index (χ0n) is 8.95. The van der Waals surface area contributed by atoms with Crippen molar-refractivity contribution in [3.63, 3.8) is 0 Å². The highest BCUT2D eigenvalue weighted by Gasteiger charge is 2.13. The molecule has 5 heteroatoms. The van der Waals surface area contributed by atoms with Crippen molar-refractivity contribution >= 4 is 5.69 Å². The summed E-state index contributed by atoms with van der Waals surface area (Å²) >= 11 is 0. The molecule has 0 radical (unpaired) electrons. The SMILES string of the molecule is O=[N+]([O-])c1ccccc1OCc1ccccn1. The summed E-state index contributed by atoms with van der Waals surface area (Å²) in [6.07, 6.45) is 1.65. The van der Waals surface area contributed by atoms with Crippen LogP contribution >= 0.6 is 0 Å². The van der Waals surface area contributed by atoms with Crippen LogP contribution in [0.3, 0.4) is 0 Å². The molecule has 0 amide bonds. The van der Waals surface area contributed by atoms with Crippen LogP contribution in [0.2, 0.25) is 0 Å². The Morgan fingerprint density at radius 3 is 2.65 bits per heavy atom. The summed E-state index contributed by atoms with van der Waals surface area (Å²) in [5.41, 5.74) is 0.689. The first kappa shape index (κ1) is 11.1. The van der Waals surface area contributed by atoms with Gasteiger partial charge in [0.05, 0.1) is 10.6 Å². The summed E-state index contributed by atoms with van der Waals surface area (Å²) in [6, 6.07) is 11.7. The first-order valence-electron chi connectivity index (χ1n) is 5.03. The molecule has 17 heavy (non-hydrogen) atoms. The van der Waals surface area contributed by atoms with E-state index in [2.05, 4.69) is 4.98 Å². The van der Waals surface area contributed by atoms with Gasteiger partial charge in [-0.3, -0.25) is 15.1 Å². The lowest BCUT2D eigenvalue weighted by Crippen LogP contribution is -2.00. The molecule has 1 heterocycles. The van der Waals surface area contributed by atoms with Gasteiger partial charge in [-0.05, 0) is 18.2 Å². The fraction of sp³-hybridized carbons (Fsp3) is 0.0833. The Kier molecular flexibility index (Phi) is 3.30. The molecule has 1 aromatic heterocycles. The molecule has 5 nitrogen and oxygen atoms in total. The van der Waals surface area contributed by atoms with Gasteiger partial charge in [-0.2, -0.15) is 0 Å². The van der Waals surface area contributed by atoms with E-state index in [1.54, 1.807) is 36.5 Å². The quantitative estimate of drug-likeness (QED) is 0.598. The molecular formula is C12H10N2O3. The zero-order valence-corrected chi connectivity index (χ0v) is 8.95. The molecule has 0 atom stereocenters. The second-order valence-corrected chi connectivity index (χ2v) is 3.33. The highest BCUT2D eigenvalue weighted by atomic mass is 16.6. The van der Waals surface area contributed by atoms with Crippen LogP contribution in [-0.2, 0) is 6.61 Å². The van der Waals surface area contributed by atoms with Gasteiger partial charge in [-0.25, -0.2) is 0 Å². The molecule has 0 spiro atoms. The normalized spacial score (nSPS) is 9.88. The maximum Gasteiger partial charge on any atom is 0.310 e. The summed E-state index contributed by atoms with van der Waals surface area (Å²) < 4.78 is 5.38. The van der Waals surface area contributed by atoms with Crippen LogP contribution in [0.4, 0.5) is 5.69 Å². The molecule has 2 aromatic rings. The number of pyridine rings is 1. The van der Waals surface area contributed by atoms with E-state index in [-0.39, 0.29) is 18.0 Å². The molecule has 0 saturated carbocycles. The number of hydrogen-bond acceptors (Lipinski definition) is 4. The van der Waals surface area contributed by atoms with Crippen molar-refractivity contribution in [2.24, 2.45) is 0 Å². The van der Waals surface area contributed by atoms with Crippen molar-refractivity contribution in [2.45, 2.75) is 6.61 Å². The van der Waals surface area contributed by atoms with E-state index in [4.69, 9.17) is 4.74 Å². The number of ether oxygens (including phenoxy) is 1. The molecule has 0 aliphatic rings. The van der Waals surface area contributed by atoms with Crippen molar-refractivity contribution in [1.82, 2.24) is 4.98 Å². The Morgan fingerprint density at radius 1 is 1.18 bits per heavy atom. The number of nitro groups is 1. The minimum absolute atomic E-state index is 0.0385. The molecule has 0 saturated heterocycles. The Morgan fingerprint density at radius 2 is 1.94 bits per heavy atom. The van der Waals surface area contributed by atoms with Gasteiger partial charge in [0.1, 0.15) is 6.61 Å². The average molecular weight is 230 g/mol. The Hall–Kier alpha value is -2.43. The van der Waals surface area contributed by atoms with Crippen molar-refractivity contribution in [2.75, 3.05) is 0 Å². The lowest BCUT2D eigenvalue weighted by molar-refractivity contribution is -0.385. The van der Waals surface area contributed by atoms with Gasteiger partial charge in [-0.15, -0.1) is 0 Å². The van der Waals surface area contributed by atoms with E-state index in [1.165, 1.54) is 6.07 Å². The van der Waals surface area contributed by atoms with Crippen LogP contribution in [-0.4, -0.2) is 9.91 Å².